The Labute approximate surface area is 156 Å². The van der Waals surface area contributed by atoms with Crippen molar-refractivity contribution in [2.75, 3.05) is 0 Å². The maximum Gasteiger partial charge on any atom is 0.115 e. The third kappa shape index (κ3) is 5.63. The second kappa shape index (κ2) is 9.26. The quantitative estimate of drug-likeness (QED) is 0.638. The van der Waals surface area contributed by atoms with Crippen LogP contribution in [0.2, 0.25) is 0 Å². The van der Waals surface area contributed by atoms with Crippen LogP contribution in [-0.4, -0.2) is 5.11 Å². The van der Waals surface area contributed by atoms with Crippen molar-refractivity contribution >= 4 is 12.4 Å². The Hall–Kier alpha value is -2.29. The van der Waals surface area contributed by atoms with Gasteiger partial charge >= 0.3 is 0 Å². The molecule has 0 aliphatic carbocycles. The first-order valence-corrected chi connectivity index (χ1v) is 8.32. The van der Waals surface area contributed by atoms with Gasteiger partial charge in [-0.1, -0.05) is 72.3 Å². The Morgan fingerprint density at radius 3 is 2.04 bits per heavy atom. The van der Waals surface area contributed by atoms with E-state index >= 15 is 0 Å². The fourth-order valence-corrected chi connectivity index (χ4v) is 2.81. The summed E-state index contributed by atoms with van der Waals surface area (Å²) in [5, 5.41) is 13.1. The van der Waals surface area contributed by atoms with Crippen molar-refractivity contribution in [1.82, 2.24) is 5.32 Å². The Kier molecular flexibility index (Phi) is 7.05. The second-order valence-electron chi connectivity index (χ2n) is 6.20. The lowest BCUT2D eigenvalue weighted by Crippen LogP contribution is -2.23. The van der Waals surface area contributed by atoms with E-state index in [0.717, 1.165) is 18.5 Å². The molecule has 0 aromatic heterocycles. The van der Waals surface area contributed by atoms with Crippen LogP contribution in [-0.2, 0) is 13.0 Å². The topological polar surface area (TPSA) is 32.3 Å². The molecule has 0 amide bonds. The second-order valence-corrected chi connectivity index (χ2v) is 6.20. The molecule has 25 heavy (non-hydrogen) atoms. The zero-order chi connectivity index (χ0) is 16.8. The van der Waals surface area contributed by atoms with Crippen molar-refractivity contribution in [3.8, 4) is 5.75 Å². The number of benzene rings is 3. The van der Waals surface area contributed by atoms with Crippen molar-refractivity contribution in [2.24, 2.45) is 0 Å². The fourth-order valence-electron chi connectivity index (χ4n) is 2.81. The van der Waals surface area contributed by atoms with Crippen molar-refractivity contribution in [2.45, 2.75) is 25.9 Å². The molecule has 0 aliphatic rings. The Bertz CT molecular complexity index is 754. The number of phenols is 1. The van der Waals surface area contributed by atoms with Crippen LogP contribution in [0, 0.1) is 6.92 Å². The normalized spacial score (nSPS) is 11.6. The van der Waals surface area contributed by atoms with E-state index in [0.29, 0.717) is 5.75 Å². The molecule has 0 aliphatic heterocycles. The van der Waals surface area contributed by atoms with Gasteiger partial charge in [-0.2, -0.15) is 0 Å². The molecule has 2 N–H and O–H groups in total. The van der Waals surface area contributed by atoms with E-state index < -0.39 is 0 Å². The summed E-state index contributed by atoms with van der Waals surface area (Å²) < 4.78 is 0. The zero-order valence-electron chi connectivity index (χ0n) is 14.4. The fraction of sp³-hybridized carbons (Fsp3) is 0.182. The molecule has 3 aromatic carbocycles. The van der Waals surface area contributed by atoms with E-state index in [1.54, 1.807) is 12.1 Å². The molecule has 130 valence electrons. The van der Waals surface area contributed by atoms with Gasteiger partial charge in [-0.15, -0.1) is 12.4 Å². The maximum absolute atomic E-state index is 9.41. The number of nitrogens with one attached hydrogen (secondary N) is 1. The lowest BCUT2D eigenvalue weighted by atomic mass is 9.98. The largest absolute Gasteiger partial charge is 0.508 e. The highest BCUT2D eigenvalue weighted by Crippen LogP contribution is 2.20. The average Bonchev–Trinajstić information content (AvgIpc) is 2.62. The average molecular weight is 354 g/mol. The van der Waals surface area contributed by atoms with E-state index in [1.807, 2.05) is 18.2 Å². The van der Waals surface area contributed by atoms with Gasteiger partial charge in [0, 0.05) is 12.6 Å². The van der Waals surface area contributed by atoms with Gasteiger partial charge in [0.15, 0.2) is 0 Å². The van der Waals surface area contributed by atoms with Crippen LogP contribution in [0.4, 0.5) is 0 Å². The molecule has 0 saturated carbocycles. The summed E-state index contributed by atoms with van der Waals surface area (Å²) >= 11 is 0. The zero-order valence-corrected chi connectivity index (χ0v) is 15.2. The third-order valence-corrected chi connectivity index (χ3v) is 4.25. The van der Waals surface area contributed by atoms with Gasteiger partial charge in [0.05, 0.1) is 0 Å². The number of hydrogen-bond acceptors (Lipinski definition) is 2. The summed E-state index contributed by atoms with van der Waals surface area (Å²) in [6.45, 7) is 2.88. The minimum atomic E-state index is 0. The van der Waals surface area contributed by atoms with Crippen LogP contribution < -0.4 is 5.32 Å². The summed E-state index contributed by atoms with van der Waals surface area (Å²) in [6.07, 6.45) is 0.947. The monoisotopic (exact) mass is 353 g/mol. The third-order valence-electron chi connectivity index (χ3n) is 4.25. The summed E-state index contributed by atoms with van der Waals surface area (Å²) in [4.78, 5) is 0. The molecular formula is C22H24ClNO. The lowest BCUT2D eigenvalue weighted by molar-refractivity contribution is 0.474. The number of rotatable bonds is 6. The highest BCUT2D eigenvalue weighted by Gasteiger charge is 2.11. The first kappa shape index (κ1) is 19.0. The number of halogens is 1. The van der Waals surface area contributed by atoms with Crippen LogP contribution in [0.1, 0.15) is 28.3 Å². The summed E-state index contributed by atoms with van der Waals surface area (Å²) in [7, 11) is 0. The van der Waals surface area contributed by atoms with Crippen molar-refractivity contribution in [3.63, 3.8) is 0 Å². The van der Waals surface area contributed by atoms with Crippen LogP contribution in [0.3, 0.4) is 0 Å². The van der Waals surface area contributed by atoms with Crippen LogP contribution in [0.15, 0.2) is 78.9 Å². The predicted molar refractivity (Wildman–Crippen MR) is 106 cm³/mol. The molecule has 3 rings (SSSR count). The standard InChI is InChI=1S/C22H23NO.ClH/c1-17-7-9-18(10-8-17)15-22(20-5-3-2-4-6-20)23-16-19-11-13-21(24)14-12-19;/h2-14,22-24H,15-16H2,1H3;1H/t22-;/m1./s1. The minimum absolute atomic E-state index is 0. The van der Waals surface area contributed by atoms with Gasteiger partial charge < -0.3 is 10.4 Å². The first-order chi connectivity index (χ1) is 11.7. The van der Waals surface area contributed by atoms with E-state index in [-0.39, 0.29) is 18.4 Å². The van der Waals surface area contributed by atoms with Crippen molar-refractivity contribution in [3.05, 3.63) is 101 Å². The summed E-state index contributed by atoms with van der Waals surface area (Å²) in [5.74, 6) is 0.304. The Morgan fingerprint density at radius 2 is 1.40 bits per heavy atom. The lowest BCUT2D eigenvalue weighted by Gasteiger charge is -2.20. The highest BCUT2D eigenvalue weighted by atomic mass is 35.5. The molecule has 3 aromatic rings. The number of phenolic OH excluding ortho intramolecular Hbond substituents is 1. The molecule has 0 heterocycles. The molecule has 0 radical (unpaired) electrons. The molecule has 0 saturated heterocycles. The Balaban J connectivity index is 0.00000225. The van der Waals surface area contributed by atoms with Gasteiger partial charge in [-0.3, -0.25) is 0 Å². The van der Waals surface area contributed by atoms with Gasteiger partial charge in [-0.25, -0.2) is 0 Å². The molecule has 2 nitrogen and oxygen atoms in total. The van der Waals surface area contributed by atoms with Crippen LogP contribution >= 0.6 is 12.4 Å². The summed E-state index contributed by atoms with van der Waals surface area (Å²) in [6, 6.07) is 26.9. The smallest absolute Gasteiger partial charge is 0.115 e. The molecular weight excluding hydrogens is 330 g/mol. The van der Waals surface area contributed by atoms with Gasteiger partial charge in [0.2, 0.25) is 0 Å². The maximum atomic E-state index is 9.41. The molecule has 1 atom stereocenters. The van der Waals surface area contributed by atoms with Gasteiger partial charge in [-0.05, 0) is 42.2 Å². The van der Waals surface area contributed by atoms with E-state index in [9.17, 15) is 5.11 Å². The molecule has 0 fully saturated rings. The number of aryl methyl sites for hydroxylation is 1. The van der Waals surface area contributed by atoms with Crippen molar-refractivity contribution < 1.29 is 5.11 Å². The minimum Gasteiger partial charge on any atom is -0.508 e. The number of aromatic hydroxyl groups is 1. The van der Waals surface area contributed by atoms with Gasteiger partial charge in [0.25, 0.3) is 0 Å². The Morgan fingerprint density at radius 1 is 0.800 bits per heavy atom. The van der Waals surface area contributed by atoms with E-state index in [2.05, 4.69) is 60.8 Å². The molecule has 3 heteroatoms. The molecule has 0 spiro atoms. The molecule has 0 bridgehead atoms. The SMILES string of the molecule is Cc1ccc(C[C@@H](NCc2ccc(O)cc2)c2ccccc2)cc1.Cl. The van der Waals surface area contributed by atoms with E-state index in [1.165, 1.54) is 16.7 Å². The predicted octanol–water partition coefficient (Wildman–Crippen LogP) is 5.20. The summed E-state index contributed by atoms with van der Waals surface area (Å²) in [5.41, 5.74) is 5.06. The van der Waals surface area contributed by atoms with Crippen LogP contribution in [0.5, 0.6) is 5.75 Å². The van der Waals surface area contributed by atoms with E-state index in [4.69, 9.17) is 0 Å². The highest BCUT2D eigenvalue weighted by molar-refractivity contribution is 5.85. The van der Waals surface area contributed by atoms with Gasteiger partial charge in [0.1, 0.15) is 5.75 Å². The van der Waals surface area contributed by atoms with Crippen molar-refractivity contribution in [1.29, 1.82) is 0 Å². The number of hydrogen-bond donors (Lipinski definition) is 2. The van der Waals surface area contributed by atoms with Crippen LogP contribution in [0.25, 0.3) is 0 Å². The first-order valence-electron chi connectivity index (χ1n) is 8.32. The molecule has 0 unspecified atom stereocenters.